The molecule has 0 aromatic carbocycles. The Morgan fingerprint density at radius 3 is 2.43 bits per heavy atom. The molecule has 1 atom stereocenters. The summed E-state index contributed by atoms with van der Waals surface area (Å²) in [5.41, 5.74) is -1.78. The summed E-state index contributed by atoms with van der Waals surface area (Å²) in [5.74, 6) is 0. The molecule has 0 rings (SSSR count). The lowest BCUT2D eigenvalue weighted by molar-refractivity contribution is 0.0884. The number of nitriles is 1. The highest BCUT2D eigenvalue weighted by molar-refractivity contribution is 4.95. The first kappa shape index (κ1) is 6.38. The second-order valence-corrected chi connectivity index (χ2v) is 1.52. The highest BCUT2D eigenvalue weighted by Crippen LogP contribution is 1.98. The maximum atomic E-state index is 11.3. The van der Waals surface area contributed by atoms with Gasteiger partial charge in [-0.25, -0.2) is 4.39 Å². The maximum absolute atomic E-state index is 11.3. The Hall–Kier alpha value is -0.620. The van der Waals surface area contributed by atoms with Gasteiger partial charge < -0.3 is 5.11 Å². The molecule has 0 aliphatic rings. The zero-order valence-corrected chi connectivity index (χ0v) is 3.98. The van der Waals surface area contributed by atoms with Crippen LogP contribution in [0.25, 0.3) is 0 Å². The van der Waals surface area contributed by atoms with Crippen molar-refractivity contribution in [3.63, 3.8) is 0 Å². The second kappa shape index (κ2) is 1.90. The zero-order chi connectivity index (χ0) is 5.91. The van der Waals surface area contributed by atoms with Gasteiger partial charge in [0.1, 0.15) is 6.67 Å². The average molecular weight is 103 g/mol. The van der Waals surface area contributed by atoms with Crippen LogP contribution in [0.3, 0.4) is 0 Å². The molecule has 0 fully saturated rings. The Kier molecular flexibility index (Phi) is 1.73. The topological polar surface area (TPSA) is 44.0 Å². The second-order valence-electron chi connectivity index (χ2n) is 1.52. The third-order valence-electron chi connectivity index (χ3n) is 0.501. The zero-order valence-electron chi connectivity index (χ0n) is 3.98. The quantitative estimate of drug-likeness (QED) is 0.483. The number of hydrogen-bond donors (Lipinski definition) is 1. The molecule has 0 spiro atoms. The molecule has 0 heterocycles. The van der Waals surface area contributed by atoms with E-state index in [1.54, 1.807) is 0 Å². The fraction of sp³-hybridized carbons (Fsp3) is 0.750. The van der Waals surface area contributed by atoms with E-state index in [-0.39, 0.29) is 0 Å². The van der Waals surface area contributed by atoms with Crippen LogP contribution in [0.4, 0.5) is 4.39 Å². The van der Waals surface area contributed by atoms with Crippen LogP contribution in [0, 0.1) is 11.3 Å². The van der Waals surface area contributed by atoms with Crippen molar-refractivity contribution in [2.75, 3.05) is 6.67 Å². The van der Waals surface area contributed by atoms with Gasteiger partial charge in [-0.3, -0.25) is 0 Å². The van der Waals surface area contributed by atoms with Crippen molar-refractivity contribution in [3.8, 4) is 6.07 Å². The van der Waals surface area contributed by atoms with Gasteiger partial charge in [0.2, 0.25) is 0 Å². The van der Waals surface area contributed by atoms with Crippen molar-refractivity contribution in [2.24, 2.45) is 0 Å². The standard InChI is InChI=1S/C4H6FNO/c1-4(7,2-5)3-6/h7H,2H2,1H3/t4-/m1/s1. The molecule has 0 amide bonds. The number of aliphatic hydroxyl groups is 1. The van der Waals surface area contributed by atoms with Gasteiger partial charge in [0, 0.05) is 0 Å². The number of hydrogen-bond acceptors (Lipinski definition) is 2. The Labute approximate surface area is 41.2 Å². The third kappa shape index (κ3) is 2.12. The van der Waals surface area contributed by atoms with Gasteiger partial charge in [0.15, 0.2) is 5.60 Å². The first-order valence-corrected chi connectivity index (χ1v) is 1.82. The predicted molar refractivity (Wildman–Crippen MR) is 22.2 cm³/mol. The lowest BCUT2D eigenvalue weighted by Gasteiger charge is -2.04. The van der Waals surface area contributed by atoms with Gasteiger partial charge in [-0.1, -0.05) is 0 Å². The minimum Gasteiger partial charge on any atom is -0.373 e. The van der Waals surface area contributed by atoms with Gasteiger partial charge in [-0.15, -0.1) is 0 Å². The average Bonchev–Trinajstić information content (AvgIpc) is 1.68. The number of rotatable bonds is 1. The SMILES string of the molecule is C[C@](O)(C#N)CF. The molecule has 0 aliphatic carbocycles. The smallest absolute Gasteiger partial charge is 0.176 e. The summed E-state index contributed by atoms with van der Waals surface area (Å²) >= 11 is 0. The molecule has 0 bridgehead atoms. The normalized spacial score (nSPS) is 17.4. The summed E-state index contributed by atoms with van der Waals surface area (Å²) in [6.07, 6.45) is 0. The Balaban J connectivity index is 3.66. The molecule has 0 radical (unpaired) electrons. The fourth-order valence-electron chi connectivity index (χ4n) is 0.0299. The summed E-state index contributed by atoms with van der Waals surface area (Å²) in [7, 11) is 0. The first-order valence-electron chi connectivity index (χ1n) is 1.82. The lowest BCUT2D eigenvalue weighted by Crippen LogP contribution is -2.23. The molecule has 1 N–H and O–H groups in total. The fourth-order valence-corrected chi connectivity index (χ4v) is 0.0299. The van der Waals surface area contributed by atoms with Crippen molar-refractivity contribution in [3.05, 3.63) is 0 Å². The monoisotopic (exact) mass is 103 g/mol. The molecule has 0 aromatic rings. The van der Waals surface area contributed by atoms with E-state index in [1.165, 1.54) is 6.07 Å². The number of alkyl halides is 1. The van der Waals surface area contributed by atoms with Crippen LogP contribution >= 0.6 is 0 Å². The predicted octanol–water partition coefficient (Wildman–Crippen LogP) is 0.230. The molecule has 3 heteroatoms. The third-order valence-corrected chi connectivity index (χ3v) is 0.501. The minimum absolute atomic E-state index is 1.01. The van der Waals surface area contributed by atoms with Crippen LogP contribution in [0.15, 0.2) is 0 Å². The summed E-state index contributed by atoms with van der Waals surface area (Å²) in [5, 5.41) is 16.2. The molecule has 7 heavy (non-hydrogen) atoms. The summed E-state index contributed by atoms with van der Waals surface area (Å²) in [6, 6.07) is 1.37. The van der Waals surface area contributed by atoms with Crippen LogP contribution < -0.4 is 0 Å². The van der Waals surface area contributed by atoms with Crippen molar-refractivity contribution in [2.45, 2.75) is 12.5 Å². The van der Waals surface area contributed by atoms with Crippen LogP contribution in [-0.4, -0.2) is 17.4 Å². The van der Waals surface area contributed by atoms with Crippen LogP contribution in [0.5, 0.6) is 0 Å². The van der Waals surface area contributed by atoms with Gasteiger partial charge in [-0.05, 0) is 6.92 Å². The van der Waals surface area contributed by atoms with Gasteiger partial charge in [0.25, 0.3) is 0 Å². The van der Waals surface area contributed by atoms with E-state index in [1.807, 2.05) is 0 Å². The molecule has 0 unspecified atom stereocenters. The molecular weight excluding hydrogens is 97.0 g/mol. The Bertz CT molecular complexity index is 94.4. The van der Waals surface area contributed by atoms with E-state index >= 15 is 0 Å². The van der Waals surface area contributed by atoms with Crippen molar-refractivity contribution >= 4 is 0 Å². The van der Waals surface area contributed by atoms with E-state index in [9.17, 15) is 4.39 Å². The lowest BCUT2D eigenvalue weighted by atomic mass is 10.2. The molecule has 0 saturated heterocycles. The minimum atomic E-state index is -1.78. The molecule has 0 aliphatic heterocycles. The number of nitrogens with zero attached hydrogens (tertiary/aromatic N) is 1. The molecular formula is C4H6FNO. The highest BCUT2D eigenvalue weighted by atomic mass is 19.1. The first-order chi connectivity index (χ1) is 3.12. The van der Waals surface area contributed by atoms with E-state index < -0.39 is 12.3 Å². The van der Waals surface area contributed by atoms with Gasteiger partial charge in [0.05, 0.1) is 6.07 Å². The Morgan fingerprint density at radius 1 is 2.00 bits per heavy atom. The summed E-state index contributed by atoms with van der Waals surface area (Å²) in [4.78, 5) is 0. The molecule has 0 saturated carbocycles. The Morgan fingerprint density at radius 2 is 2.43 bits per heavy atom. The van der Waals surface area contributed by atoms with E-state index in [0.29, 0.717) is 0 Å². The van der Waals surface area contributed by atoms with Crippen LogP contribution in [0.2, 0.25) is 0 Å². The van der Waals surface area contributed by atoms with Gasteiger partial charge in [-0.2, -0.15) is 5.26 Å². The van der Waals surface area contributed by atoms with E-state index in [0.717, 1.165) is 6.92 Å². The van der Waals surface area contributed by atoms with E-state index in [4.69, 9.17) is 10.4 Å². The van der Waals surface area contributed by atoms with Crippen LogP contribution in [-0.2, 0) is 0 Å². The number of halogens is 1. The molecule has 2 nitrogen and oxygen atoms in total. The van der Waals surface area contributed by atoms with Crippen molar-refractivity contribution in [1.82, 2.24) is 0 Å². The van der Waals surface area contributed by atoms with Crippen LogP contribution in [0.1, 0.15) is 6.92 Å². The van der Waals surface area contributed by atoms with E-state index in [2.05, 4.69) is 0 Å². The largest absolute Gasteiger partial charge is 0.373 e. The summed E-state index contributed by atoms with van der Waals surface area (Å²) in [6.45, 7) is 0.108. The summed E-state index contributed by atoms with van der Waals surface area (Å²) < 4.78 is 11.3. The van der Waals surface area contributed by atoms with Gasteiger partial charge >= 0.3 is 0 Å². The van der Waals surface area contributed by atoms with Crippen molar-refractivity contribution < 1.29 is 9.50 Å². The highest BCUT2D eigenvalue weighted by Gasteiger charge is 2.17. The molecule has 0 aromatic heterocycles. The van der Waals surface area contributed by atoms with Crippen molar-refractivity contribution in [1.29, 1.82) is 5.26 Å². The molecule has 40 valence electrons. The maximum Gasteiger partial charge on any atom is 0.176 e.